The molecule has 1 amide bonds. The van der Waals surface area contributed by atoms with Crippen LogP contribution >= 0.6 is 0 Å². The van der Waals surface area contributed by atoms with Crippen LogP contribution in [0, 0.1) is 10.1 Å². The standard InChI is InChI=1S/C13H13F3N2O7/c1-24-10-4-7(2-3-9(10)18(22)23)25-6-11(19)17-8(12(20)21)5-13(14,15)16/h2-4,8H,5-6H2,1H3,(H,17,19)(H,20,21). The summed E-state index contributed by atoms with van der Waals surface area (Å²) in [7, 11) is 1.17. The lowest BCUT2D eigenvalue weighted by Crippen LogP contribution is -2.45. The Morgan fingerprint density at radius 1 is 1.40 bits per heavy atom. The van der Waals surface area contributed by atoms with Crippen molar-refractivity contribution in [1.82, 2.24) is 5.32 Å². The number of methoxy groups -OCH3 is 1. The molecule has 138 valence electrons. The van der Waals surface area contributed by atoms with E-state index in [1.165, 1.54) is 7.11 Å². The molecule has 1 aromatic rings. The van der Waals surface area contributed by atoms with Crippen molar-refractivity contribution in [1.29, 1.82) is 0 Å². The first-order chi connectivity index (χ1) is 11.5. The van der Waals surface area contributed by atoms with Crippen LogP contribution in [-0.4, -0.2) is 47.8 Å². The van der Waals surface area contributed by atoms with Crippen molar-refractivity contribution >= 4 is 17.6 Å². The normalized spacial score (nSPS) is 12.2. The number of ether oxygens (including phenoxy) is 2. The highest BCUT2D eigenvalue weighted by Gasteiger charge is 2.36. The fourth-order valence-electron chi connectivity index (χ4n) is 1.71. The van der Waals surface area contributed by atoms with E-state index in [0.717, 1.165) is 18.2 Å². The molecule has 0 heterocycles. The number of benzene rings is 1. The van der Waals surface area contributed by atoms with Crippen LogP contribution in [0.4, 0.5) is 18.9 Å². The Hall–Kier alpha value is -3.05. The summed E-state index contributed by atoms with van der Waals surface area (Å²) in [5.41, 5.74) is -0.351. The van der Waals surface area contributed by atoms with Crippen LogP contribution < -0.4 is 14.8 Å². The van der Waals surface area contributed by atoms with E-state index in [1.807, 2.05) is 0 Å². The second-order valence-electron chi connectivity index (χ2n) is 4.66. The number of nitro benzene ring substituents is 1. The zero-order valence-corrected chi connectivity index (χ0v) is 12.7. The summed E-state index contributed by atoms with van der Waals surface area (Å²) in [5.74, 6) is -3.12. The summed E-state index contributed by atoms with van der Waals surface area (Å²) in [5, 5.41) is 21.1. The summed E-state index contributed by atoms with van der Waals surface area (Å²) in [4.78, 5) is 32.3. The molecule has 0 radical (unpaired) electrons. The molecular formula is C13H13F3N2O7. The van der Waals surface area contributed by atoms with Gasteiger partial charge in [0.15, 0.2) is 6.61 Å². The molecule has 9 nitrogen and oxygen atoms in total. The SMILES string of the molecule is COc1cc(OCC(=O)NC(CC(F)(F)F)C(=O)O)ccc1[N+](=O)[O-]. The average Bonchev–Trinajstić information content (AvgIpc) is 2.50. The van der Waals surface area contributed by atoms with E-state index in [0.29, 0.717) is 0 Å². The number of halogens is 3. The summed E-state index contributed by atoms with van der Waals surface area (Å²) in [6, 6.07) is 1.16. The van der Waals surface area contributed by atoms with E-state index in [-0.39, 0.29) is 17.2 Å². The van der Waals surface area contributed by atoms with Gasteiger partial charge in [0.05, 0.1) is 18.5 Å². The first-order valence-electron chi connectivity index (χ1n) is 6.57. The number of carboxylic acid groups (broad SMARTS) is 1. The van der Waals surface area contributed by atoms with Crippen molar-refractivity contribution in [2.24, 2.45) is 0 Å². The van der Waals surface area contributed by atoms with Crippen LogP contribution in [0.2, 0.25) is 0 Å². The van der Waals surface area contributed by atoms with Gasteiger partial charge in [-0.05, 0) is 6.07 Å². The van der Waals surface area contributed by atoms with E-state index in [9.17, 15) is 32.9 Å². The Morgan fingerprint density at radius 2 is 2.04 bits per heavy atom. The maximum atomic E-state index is 12.2. The molecule has 0 aliphatic heterocycles. The van der Waals surface area contributed by atoms with E-state index < -0.39 is 42.0 Å². The first kappa shape index (κ1) is 20.0. The van der Waals surface area contributed by atoms with Gasteiger partial charge >= 0.3 is 17.8 Å². The number of carboxylic acids is 1. The molecule has 0 saturated heterocycles. The quantitative estimate of drug-likeness (QED) is 0.527. The second kappa shape index (κ2) is 8.17. The van der Waals surface area contributed by atoms with E-state index in [2.05, 4.69) is 0 Å². The van der Waals surface area contributed by atoms with E-state index in [1.54, 1.807) is 5.32 Å². The summed E-state index contributed by atoms with van der Waals surface area (Å²) >= 11 is 0. The third-order valence-electron chi connectivity index (χ3n) is 2.79. The van der Waals surface area contributed by atoms with Gasteiger partial charge in [0.25, 0.3) is 5.91 Å². The highest BCUT2D eigenvalue weighted by atomic mass is 19.4. The van der Waals surface area contributed by atoms with Crippen molar-refractivity contribution in [3.63, 3.8) is 0 Å². The molecule has 0 bridgehead atoms. The molecule has 0 spiro atoms. The molecule has 0 aromatic heterocycles. The van der Waals surface area contributed by atoms with Gasteiger partial charge in [-0.2, -0.15) is 13.2 Å². The number of carbonyl (C=O) groups is 2. The molecule has 12 heteroatoms. The summed E-state index contributed by atoms with van der Waals surface area (Å²) in [6.45, 7) is -0.789. The average molecular weight is 366 g/mol. The van der Waals surface area contributed by atoms with Gasteiger partial charge in [0, 0.05) is 12.1 Å². The molecule has 0 aliphatic carbocycles. The third-order valence-corrected chi connectivity index (χ3v) is 2.79. The lowest BCUT2D eigenvalue weighted by atomic mass is 10.2. The minimum atomic E-state index is -4.77. The molecule has 0 aliphatic rings. The Balaban J connectivity index is 2.69. The largest absolute Gasteiger partial charge is 0.490 e. The van der Waals surface area contributed by atoms with Crippen LogP contribution in [0.25, 0.3) is 0 Å². The number of hydrogen-bond donors (Lipinski definition) is 2. The predicted octanol–water partition coefficient (Wildman–Crippen LogP) is 1.50. The fourth-order valence-corrected chi connectivity index (χ4v) is 1.71. The van der Waals surface area contributed by atoms with E-state index in [4.69, 9.17) is 14.6 Å². The zero-order chi connectivity index (χ0) is 19.2. The number of amides is 1. The second-order valence-corrected chi connectivity index (χ2v) is 4.66. The van der Waals surface area contributed by atoms with Gasteiger partial charge in [-0.3, -0.25) is 14.9 Å². The zero-order valence-electron chi connectivity index (χ0n) is 12.7. The molecule has 25 heavy (non-hydrogen) atoms. The van der Waals surface area contributed by atoms with Crippen molar-refractivity contribution in [3.8, 4) is 11.5 Å². The molecular weight excluding hydrogens is 353 g/mol. The van der Waals surface area contributed by atoms with E-state index >= 15 is 0 Å². The number of alkyl halides is 3. The van der Waals surface area contributed by atoms with Crippen molar-refractivity contribution in [2.45, 2.75) is 18.6 Å². The fraction of sp³-hybridized carbons (Fsp3) is 0.385. The number of nitro groups is 1. The van der Waals surface area contributed by atoms with Crippen LogP contribution in [0.5, 0.6) is 11.5 Å². The van der Waals surface area contributed by atoms with Gasteiger partial charge in [-0.25, -0.2) is 4.79 Å². The monoisotopic (exact) mass is 366 g/mol. The number of rotatable bonds is 8. The molecule has 0 saturated carbocycles. The summed E-state index contributed by atoms with van der Waals surface area (Å²) < 4.78 is 46.5. The summed E-state index contributed by atoms with van der Waals surface area (Å²) in [6.07, 6.45) is -6.51. The van der Waals surface area contributed by atoms with Gasteiger partial charge in [-0.15, -0.1) is 0 Å². The Morgan fingerprint density at radius 3 is 2.52 bits per heavy atom. The van der Waals surface area contributed by atoms with Crippen molar-refractivity contribution in [3.05, 3.63) is 28.3 Å². The molecule has 1 rings (SSSR count). The third kappa shape index (κ3) is 6.53. The van der Waals surface area contributed by atoms with Crippen molar-refractivity contribution in [2.75, 3.05) is 13.7 Å². The Kier molecular flexibility index (Phi) is 6.53. The number of aliphatic carboxylic acids is 1. The lowest BCUT2D eigenvalue weighted by Gasteiger charge is -2.16. The smallest absolute Gasteiger partial charge is 0.391 e. The predicted molar refractivity (Wildman–Crippen MR) is 75.4 cm³/mol. The number of nitrogens with zero attached hydrogens (tertiary/aromatic N) is 1. The van der Waals surface area contributed by atoms with Crippen LogP contribution in [0.15, 0.2) is 18.2 Å². The van der Waals surface area contributed by atoms with Gasteiger partial charge < -0.3 is 19.9 Å². The number of carbonyl (C=O) groups excluding carboxylic acids is 1. The number of nitrogens with one attached hydrogen (secondary N) is 1. The maximum Gasteiger partial charge on any atom is 0.391 e. The minimum absolute atomic E-state index is 0.0275. The topological polar surface area (TPSA) is 128 Å². The van der Waals surface area contributed by atoms with Crippen LogP contribution in [0.3, 0.4) is 0 Å². The highest BCUT2D eigenvalue weighted by molar-refractivity contribution is 5.84. The Bertz CT molecular complexity index is 664. The number of hydrogen-bond acceptors (Lipinski definition) is 6. The first-order valence-corrected chi connectivity index (χ1v) is 6.57. The van der Waals surface area contributed by atoms with Crippen molar-refractivity contribution < 1.29 is 42.3 Å². The lowest BCUT2D eigenvalue weighted by molar-refractivity contribution is -0.385. The molecule has 0 fully saturated rings. The molecule has 2 N–H and O–H groups in total. The molecule has 1 unspecified atom stereocenters. The maximum absolute atomic E-state index is 12.2. The van der Waals surface area contributed by atoms with Gasteiger partial charge in [0.2, 0.25) is 5.75 Å². The Labute approximate surface area is 138 Å². The van der Waals surface area contributed by atoms with Crippen LogP contribution in [0.1, 0.15) is 6.42 Å². The molecule has 1 atom stereocenters. The van der Waals surface area contributed by atoms with Crippen LogP contribution in [-0.2, 0) is 9.59 Å². The van der Waals surface area contributed by atoms with Gasteiger partial charge in [-0.1, -0.05) is 0 Å². The van der Waals surface area contributed by atoms with Gasteiger partial charge in [0.1, 0.15) is 11.8 Å². The highest BCUT2D eigenvalue weighted by Crippen LogP contribution is 2.30. The minimum Gasteiger partial charge on any atom is -0.490 e. The molecule has 1 aromatic carbocycles.